The van der Waals surface area contributed by atoms with E-state index in [4.69, 9.17) is 20.8 Å². The van der Waals surface area contributed by atoms with E-state index >= 15 is 0 Å². The summed E-state index contributed by atoms with van der Waals surface area (Å²) in [5.41, 5.74) is 2.89. The van der Waals surface area contributed by atoms with Crippen molar-refractivity contribution in [3.05, 3.63) is 35.6 Å². The predicted molar refractivity (Wildman–Crippen MR) is 71.3 cm³/mol. The highest BCUT2D eigenvalue weighted by Crippen LogP contribution is 2.33. The third-order valence-corrected chi connectivity index (χ3v) is 2.91. The SMILES string of the molecule is COc1cc2nc(C)oc2cc1-c1cnc(Cl)cn1. The zero-order chi connectivity index (χ0) is 13.4. The van der Waals surface area contributed by atoms with Crippen molar-refractivity contribution in [3.8, 4) is 17.0 Å². The third kappa shape index (κ3) is 2.13. The number of aromatic nitrogens is 3. The lowest BCUT2D eigenvalue weighted by atomic mass is 10.1. The van der Waals surface area contributed by atoms with Gasteiger partial charge in [-0.05, 0) is 6.07 Å². The van der Waals surface area contributed by atoms with Crippen LogP contribution in [0.2, 0.25) is 5.15 Å². The summed E-state index contributed by atoms with van der Waals surface area (Å²) in [4.78, 5) is 12.5. The van der Waals surface area contributed by atoms with Gasteiger partial charge < -0.3 is 9.15 Å². The largest absolute Gasteiger partial charge is 0.496 e. The molecule has 0 N–H and O–H groups in total. The molecule has 19 heavy (non-hydrogen) atoms. The van der Waals surface area contributed by atoms with Gasteiger partial charge in [-0.25, -0.2) is 9.97 Å². The van der Waals surface area contributed by atoms with E-state index < -0.39 is 0 Å². The van der Waals surface area contributed by atoms with Crippen molar-refractivity contribution in [2.24, 2.45) is 0 Å². The summed E-state index contributed by atoms with van der Waals surface area (Å²) >= 11 is 5.74. The molecule has 0 aliphatic rings. The molecule has 0 unspecified atom stereocenters. The number of ether oxygens (including phenoxy) is 1. The molecule has 1 aromatic carbocycles. The van der Waals surface area contributed by atoms with E-state index in [9.17, 15) is 0 Å². The smallest absolute Gasteiger partial charge is 0.192 e. The summed E-state index contributed by atoms with van der Waals surface area (Å²) < 4.78 is 10.9. The molecule has 3 rings (SSSR count). The van der Waals surface area contributed by atoms with Gasteiger partial charge in [-0.2, -0.15) is 0 Å². The van der Waals surface area contributed by atoms with Gasteiger partial charge in [0.1, 0.15) is 16.4 Å². The highest BCUT2D eigenvalue weighted by Gasteiger charge is 2.13. The molecule has 2 aromatic heterocycles. The van der Waals surface area contributed by atoms with Gasteiger partial charge in [-0.15, -0.1) is 0 Å². The van der Waals surface area contributed by atoms with Gasteiger partial charge in [0.05, 0.1) is 25.2 Å². The Morgan fingerprint density at radius 3 is 2.74 bits per heavy atom. The number of methoxy groups -OCH3 is 1. The van der Waals surface area contributed by atoms with Gasteiger partial charge in [-0.1, -0.05) is 11.6 Å². The predicted octanol–water partition coefficient (Wildman–Crippen LogP) is 3.26. The van der Waals surface area contributed by atoms with Crippen molar-refractivity contribution in [2.75, 3.05) is 7.11 Å². The number of fused-ring (bicyclic) bond motifs is 1. The second kappa shape index (κ2) is 4.51. The van der Waals surface area contributed by atoms with Gasteiger partial charge in [0, 0.05) is 18.6 Å². The normalized spacial score (nSPS) is 10.9. The van der Waals surface area contributed by atoms with Crippen LogP contribution in [-0.4, -0.2) is 22.1 Å². The maximum atomic E-state index is 5.74. The molecule has 0 aliphatic carbocycles. The lowest BCUT2D eigenvalue weighted by Crippen LogP contribution is -1.91. The molecule has 96 valence electrons. The van der Waals surface area contributed by atoms with Crippen molar-refractivity contribution in [1.29, 1.82) is 0 Å². The van der Waals surface area contributed by atoms with Crippen molar-refractivity contribution in [3.63, 3.8) is 0 Å². The maximum absolute atomic E-state index is 5.74. The van der Waals surface area contributed by atoms with Crippen LogP contribution in [0.25, 0.3) is 22.4 Å². The molecule has 0 saturated heterocycles. The second-order valence-corrected chi connectivity index (χ2v) is 4.36. The Morgan fingerprint density at radius 1 is 1.21 bits per heavy atom. The Morgan fingerprint density at radius 2 is 2.05 bits per heavy atom. The third-order valence-electron chi connectivity index (χ3n) is 2.71. The Kier molecular flexibility index (Phi) is 2.83. The average Bonchev–Trinajstić information content (AvgIpc) is 2.77. The van der Waals surface area contributed by atoms with Crippen LogP contribution in [0.5, 0.6) is 5.75 Å². The molecule has 0 fully saturated rings. The number of hydrogen-bond donors (Lipinski definition) is 0. The zero-order valence-corrected chi connectivity index (χ0v) is 11.1. The number of halogens is 1. The first-order chi connectivity index (χ1) is 9.17. The molecule has 0 atom stereocenters. The minimum Gasteiger partial charge on any atom is -0.496 e. The zero-order valence-electron chi connectivity index (χ0n) is 10.3. The van der Waals surface area contributed by atoms with Crippen molar-refractivity contribution in [1.82, 2.24) is 15.0 Å². The minimum absolute atomic E-state index is 0.347. The molecule has 6 heteroatoms. The molecule has 2 heterocycles. The Labute approximate surface area is 114 Å². The quantitative estimate of drug-likeness (QED) is 0.718. The van der Waals surface area contributed by atoms with Crippen LogP contribution in [-0.2, 0) is 0 Å². The molecule has 3 aromatic rings. The molecule has 0 bridgehead atoms. The summed E-state index contributed by atoms with van der Waals surface area (Å²) in [5, 5.41) is 0.347. The standard InChI is InChI=1S/C13H10ClN3O2/c1-7-17-9-4-11(18-2)8(3-12(9)19-7)10-5-16-13(14)6-15-10/h3-6H,1-2H3. The molecular formula is C13H10ClN3O2. The van der Waals surface area contributed by atoms with E-state index in [0.29, 0.717) is 28.1 Å². The van der Waals surface area contributed by atoms with Crippen molar-refractivity contribution in [2.45, 2.75) is 6.92 Å². The Bertz CT molecular complexity index is 737. The summed E-state index contributed by atoms with van der Waals surface area (Å²) in [5.74, 6) is 1.27. The minimum atomic E-state index is 0.347. The summed E-state index contributed by atoms with van der Waals surface area (Å²) in [6.07, 6.45) is 3.08. The molecular weight excluding hydrogens is 266 g/mol. The summed E-state index contributed by atoms with van der Waals surface area (Å²) in [7, 11) is 1.60. The van der Waals surface area contributed by atoms with Crippen LogP contribution in [0.15, 0.2) is 28.9 Å². The van der Waals surface area contributed by atoms with Gasteiger partial charge in [0.2, 0.25) is 0 Å². The topological polar surface area (TPSA) is 61.0 Å². The number of benzene rings is 1. The molecule has 0 aliphatic heterocycles. The number of hydrogen-bond acceptors (Lipinski definition) is 5. The van der Waals surface area contributed by atoms with E-state index in [2.05, 4.69) is 15.0 Å². The number of rotatable bonds is 2. The molecule has 0 amide bonds. The first-order valence-corrected chi connectivity index (χ1v) is 5.98. The fraction of sp³-hybridized carbons (Fsp3) is 0.154. The number of aryl methyl sites for hydroxylation is 1. The van der Waals surface area contributed by atoms with Crippen LogP contribution in [0.4, 0.5) is 0 Å². The fourth-order valence-corrected chi connectivity index (χ4v) is 1.99. The monoisotopic (exact) mass is 275 g/mol. The Hall–Kier alpha value is -2.14. The Balaban J connectivity index is 2.23. The highest BCUT2D eigenvalue weighted by atomic mass is 35.5. The second-order valence-electron chi connectivity index (χ2n) is 3.98. The van der Waals surface area contributed by atoms with E-state index in [0.717, 1.165) is 11.1 Å². The van der Waals surface area contributed by atoms with Gasteiger partial charge in [0.15, 0.2) is 11.5 Å². The molecule has 0 saturated carbocycles. The number of oxazole rings is 1. The van der Waals surface area contributed by atoms with Crippen LogP contribution in [0, 0.1) is 6.92 Å². The summed E-state index contributed by atoms with van der Waals surface area (Å²) in [6, 6.07) is 3.66. The van der Waals surface area contributed by atoms with Crippen LogP contribution < -0.4 is 4.74 Å². The molecule has 0 radical (unpaired) electrons. The van der Waals surface area contributed by atoms with Crippen LogP contribution in [0.3, 0.4) is 0 Å². The lowest BCUT2D eigenvalue weighted by Gasteiger charge is -2.07. The van der Waals surface area contributed by atoms with Gasteiger partial charge in [-0.3, -0.25) is 4.98 Å². The average molecular weight is 276 g/mol. The molecule has 0 spiro atoms. The first-order valence-electron chi connectivity index (χ1n) is 5.60. The van der Waals surface area contributed by atoms with Crippen LogP contribution in [0.1, 0.15) is 5.89 Å². The highest BCUT2D eigenvalue weighted by molar-refractivity contribution is 6.29. The first kappa shape index (κ1) is 11.9. The summed E-state index contributed by atoms with van der Waals surface area (Å²) in [6.45, 7) is 1.80. The fourth-order valence-electron chi connectivity index (χ4n) is 1.89. The van der Waals surface area contributed by atoms with Crippen molar-refractivity contribution < 1.29 is 9.15 Å². The van der Waals surface area contributed by atoms with Crippen LogP contribution >= 0.6 is 11.6 Å². The van der Waals surface area contributed by atoms with E-state index in [1.54, 1.807) is 20.2 Å². The van der Waals surface area contributed by atoms with Crippen molar-refractivity contribution >= 4 is 22.7 Å². The van der Waals surface area contributed by atoms with E-state index in [1.165, 1.54) is 6.20 Å². The molecule has 5 nitrogen and oxygen atoms in total. The van der Waals surface area contributed by atoms with Gasteiger partial charge in [0.25, 0.3) is 0 Å². The lowest BCUT2D eigenvalue weighted by molar-refractivity contribution is 0.416. The maximum Gasteiger partial charge on any atom is 0.192 e. The van der Waals surface area contributed by atoms with Gasteiger partial charge >= 0.3 is 0 Å². The number of nitrogens with zero attached hydrogens (tertiary/aromatic N) is 3. The van der Waals surface area contributed by atoms with E-state index in [1.807, 2.05) is 12.1 Å². The van der Waals surface area contributed by atoms with E-state index in [-0.39, 0.29) is 0 Å².